The molecule has 0 amide bonds. The van der Waals surface area contributed by atoms with Crippen LogP contribution in [0.5, 0.6) is 5.75 Å². The molecule has 3 nitrogen and oxygen atoms in total. The maximum atomic E-state index is 13.2. The lowest BCUT2D eigenvalue weighted by atomic mass is 10.3. The van der Waals surface area contributed by atoms with E-state index in [-0.39, 0.29) is 5.02 Å². The Hall–Kier alpha value is -1.55. The summed E-state index contributed by atoms with van der Waals surface area (Å²) >= 11 is 5.60. The molecule has 0 radical (unpaired) electrons. The lowest BCUT2D eigenvalue weighted by Crippen LogP contribution is -2.03. The molecule has 0 saturated carbocycles. The Balaban J connectivity index is 2.06. The average Bonchev–Trinajstić information content (AvgIpc) is 2.72. The molecule has 0 fully saturated rings. The van der Waals surface area contributed by atoms with Crippen molar-refractivity contribution >= 4 is 11.6 Å². The van der Waals surface area contributed by atoms with Crippen molar-refractivity contribution in [1.29, 1.82) is 0 Å². The minimum absolute atomic E-state index is 0.0937. The van der Waals surface area contributed by atoms with Gasteiger partial charge in [-0.25, -0.2) is 4.39 Å². The minimum atomic E-state index is -0.478. The van der Waals surface area contributed by atoms with Crippen molar-refractivity contribution < 1.29 is 9.13 Å². The molecule has 1 aromatic heterocycles. The van der Waals surface area contributed by atoms with Gasteiger partial charge in [-0.15, -0.1) is 0 Å². The Morgan fingerprint density at radius 1 is 1.39 bits per heavy atom. The molecule has 0 unspecified atom stereocenters. The molecular formula is C13H14ClFN2O. The van der Waals surface area contributed by atoms with Crippen LogP contribution in [0.3, 0.4) is 0 Å². The van der Waals surface area contributed by atoms with E-state index in [1.807, 2.05) is 20.0 Å². The highest BCUT2D eigenvalue weighted by molar-refractivity contribution is 6.30. The summed E-state index contributed by atoms with van der Waals surface area (Å²) in [7, 11) is 1.86. The quantitative estimate of drug-likeness (QED) is 0.850. The molecule has 5 heteroatoms. The smallest absolute Gasteiger partial charge is 0.145 e. The van der Waals surface area contributed by atoms with Crippen LogP contribution in [0, 0.1) is 5.82 Å². The van der Waals surface area contributed by atoms with Gasteiger partial charge < -0.3 is 4.74 Å². The van der Waals surface area contributed by atoms with Gasteiger partial charge in [-0.3, -0.25) is 4.68 Å². The van der Waals surface area contributed by atoms with Crippen LogP contribution in [0.2, 0.25) is 5.02 Å². The Kier molecular flexibility index (Phi) is 3.87. The molecule has 96 valence electrons. The van der Waals surface area contributed by atoms with Gasteiger partial charge in [0, 0.05) is 13.1 Å². The number of hydrogen-bond acceptors (Lipinski definition) is 2. The predicted molar refractivity (Wildman–Crippen MR) is 68.3 cm³/mol. The van der Waals surface area contributed by atoms with E-state index in [1.165, 1.54) is 12.1 Å². The normalized spacial score (nSPS) is 10.7. The number of rotatable bonds is 4. The van der Waals surface area contributed by atoms with Crippen molar-refractivity contribution in [2.45, 2.75) is 20.0 Å². The van der Waals surface area contributed by atoms with Crippen LogP contribution in [0.1, 0.15) is 18.3 Å². The molecule has 0 spiro atoms. The number of hydrogen-bond donors (Lipinski definition) is 0. The van der Waals surface area contributed by atoms with Crippen LogP contribution in [0.15, 0.2) is 24.3 Å². The third-order valence-corrected chi connectivity index (χ3v) is 2.97. The van der Waals surface area contributed by atoms with E-state index < -0.39 is 5.82 Å². The van der Waals surface area contributed by atoms with E-state index in [2.05, 4.69) is 5.10 Å². The number of benzene rings is 1. The van der Waals surface area contributed by atoms with Gasteiger partial charge in [0.15, 0.2) is 0 Å². The molecule has 1 aromatic carbocycles. The van der Waals surface area contributed by atoms with E-state index in [4.69, 9.17) is 16.3 Å². The highest BCUT2D eigenvalue weighted by Gasteiger charge is 2.06. The summed E-state index contributed by atoms with van der Waals surface area (Å²) in [5.74, 6) is -0.0235. The first kappa shape index (κ1) is 12.9. The van der Waals surface area contributed by atoms with Crippen LogP contribution in [0.4, 0.5) is 4.39 Å². The zero-order valence-corrected chi connectivity index (χ0v) is 11.0. The molecule has 0 N–H and O–H groups in total. The lowest BCUT2D eigenvalue weighted by molar-refractivity contribution is 0.293. The van der Waals surface area contributed by atoms with Gasteiger partial charge in [0.05, 0.1) is 16.4 Å². The molecule has 18 heavy (non-hydrogen) atoms. The summed E-state index contributed by atoms with van der Waals surface area (Å²) < 4.78 is 20.5. The molecule has 2 rings (SSSR count). The third kappa shape index (κ3) is 2.82. The second-order valence-corrected chi connectivity index (χ2v) is 4.38. The predicted octanol–water partition coefficient (Wildman–Crippen LogP) is 3.35. The highest BCUT2D eigenvalue weighted by Crippen LogP contribution is 2.21. The Morgan fingerprint density at radius 3 is 2.78 bits per heavy atom. The zero-order valence-electron chi connectivity index (χ0n) is 10.3. The van der Waals surface area contributed by atoms with Crippen molar-refractivity contribution in [2.24, 2.45) is 7.05 Å². The van der Waals surface area contributed by atoms with Crippen molar-refractivity contribution in [3.63, 3.8) is 0 Å². The van der Waals surface area contributed by atoms with Gasteiger partial charge in [-0.1, -0.05) is 18.5 Å². The van der Waals surface area contributed by atoms with E-state index in [1.54, 1.807) is 10.7 Å². The van der Waals surface area contributed by atoms with Gasteiger partial charge in [-0.05, 0) is 24.6 Å². The summed E-state index contributed by atoms with van der Waals surface area (Å²) in [5.41, 5.74) is 1.96. The molecule has 0 saturated heterocycles. The average molecular weight is 269 g/mol. The summed E-state index contributed by atoms with van der Waals surface area (Å²) in [4.78, 5) is 0. The Morgan fingerprint density at radius 2 is 2.17 bits per heavy atom. The topological polar surface area (TPSA) is 27.1 Å². The fraction of sp³-hybridized carbons (Fsp3) is 0.308. The van der Waals surface area contributed by atoms with Gasteiger partial charge >= 0.3 is 0 Å². The number of halogens is 2. The first-order valence-electron chi connectivity index (χ1n) is 5.69. The first-order chi connectivity index (χ1) is 8.60. The van der Waals surface area contributed by atoms with Crippen LogP contribution in [0.25, 0.3) is 0 Å². The van der Waals surface area contributed by atoms with Gasteiger partial charge in [0.25, 0.3) is 0 Å². The molecule has 0 aliphatic heterocycles. The lowest BCUT2D eigenvalue weighted by Gasteiger charge is -2.06. The van der Waals surface area contributed by atoms with Crippen molar-refractivity contribution in [3.8, 4) is 5.75 Å². The highest BCUT2D eigenvalue weighted by atomic mass is 35.5. The van der Waals surface area contributed by atoms with Crippen LogP contribution < -0.4 is 4.74 Å². The van der Waals surface area contributed by atoms with E-state index >= 15 is 0 Å². The summed E-state index contributed by atoms with van der Waals surface area (Å²) in [5, 5.41) is 4.41. The number of nitrogens with zero attached hydrogens (tertiary/aromatic N) is 2. The van der Waals surface area contributed by atoms with Gasteiger partial charge in [0.2, 0.25) is 0 Å². The number of ether oxygens (including phenoxy) is 1. The number of aromatic nitrogens is 2. The summed E-state index contributed by atoms with van der Waals surface area (Å²) in [6.07, 6.45) is 0.878. The van der Waals surface area contributed by atoms with Crippen molar-refractivity contribution in [2.75, 3.05) is 0 Å². The van der Waals surface area contributed by atoms with Crippen molar-refractivity contribution in [3.05, 3.63) is 46.5 Å². The second kappa shape index (κ2) is 5.40. The Bertz CT molecular complexity index is 554. The fourth-order valence-electron chi connectivity index (χ4n) is 1.60. The Labute approximate surface area is 110 Å². The molecular weight excluding hydrogens is 255 g/mol. The second-order valence-electron chi connectivity index (χ2n) is 3.97. The van der Waals surface area contributed by atoms with Gasteiger partial charge in [-0.2, -0.15) is 5.10 Å². The SMILES string of the molecule is CCc1cc(COc2ccc(Cl)c(F)c2)n(C)n1. The monoisotopic (exact) mass is 268 g/mol. The molecule has 0 aliphatic carbocycles. The minimum Gasteiger partial charge on any atom is -0.487 e. The standard InChI is InChI=1S/C13H14ClFN2O/c1-3-9-6-10(17(2)16-9)8-18-11-4-5-12(14)13(15)7-11/h4-7H,3,8H2,1-2H3. The van der Waals surface area contributed by atoms with Crippen molar-refractivity contribution in [1.82, 2.24) is 9.78 Å². The number of aryl methyl sites for hydroxylation is 2. The van der Waals surface area contributed by atoms with Crippen LogP contribution >= 0.6 is 11.6 Å². The van der Waals surface area contributed by atoms with E-state index in [0.29, 0.717) is 12.4 Å². The molecule has 1 heterocycles. The van der Waals surface area contributed by atoms with E-state index in [0.717, 1.165) is 17.8 Å². The molecule has 0 bridgehead atoms. The van der Waals surface area contributed by atoms with Crippen LogP contribution in [-0.4, -0.2) is 9.78 Å². The molecule has 0 aliphatic rings. The maximum Gasteiger partial charge on any atom is 0.145 e. The summed E-state index contributed by atoms with van der Waals surface area (Å²) in [6.45, 7) is 2.39. The van der Waals surface area contributed by atoms with Crippen LogP contribution in [-0.2, 0) is 20.1 Å². The van der Waals surface area contributed by atoms with Gasteiger partial charge in [0.1, 0.15) is 18.2 Å². The largest absolute Gasteiger partial charge is 0.487 e. The fourth-order valence-corrected chi connectivity index (χ4v) is 1.72. The molecule has 2 aromatic rings. The summed E-state index contributed by atoms with van der Waals surface area (Å²) in [6, 6.07) is 6.38. The zero-order chi connectivity index (χ0) is 13.1. The maximum absolute atomic E-state index is 13.2. The molecule has 0 atom stereocenters. The van der Waals surface area contributed by atoms with E-state index in [9.17, 15) is 4.39 Å². The third-order valence-electron chi connectivity index (χ3n) is 2.67. The first-order valence-corrected chi connectivity index (χ1v) is 6.07.